The highest BCUT2D eigenvalue weighted by molar-refractivity contribution is 6.43. The van der Waals surface area contributed by atoms with E-state index in [0.29, 0.717) is 32.8 Å². The molecule has 2 aromatic carbocycles. The number of amides is 1. The van der Waals surface area contributed by atoms with Gasteiger partial charge in [-0.1, -0.05) is 29.3 Å². The minimum absolute atomic E-state index is 0.169. The van der Waals surface area contributed by atoms with Crippen LogP contribution in [0.3, 0.4) is 0 Å². The highest BCUT2D eigenvalue weighted by Crippen LogP contribution is 2.34. The molecule has 1 aromatic heterocycles. The highest BCUT2D eigenvalue weighted by atomic mass is 35.5. The van der Waals surface area contributed by atoms with E-state index in [0.717, 1.165) is 0 Å². The summed E-state index contributed by atoms with van der Waals surface area (Å²) in [5.74, 6) is -0.313. The molecule has 1 heterocycles. The minimum atomic E-state index is -0.636. The van der Waals surface area contributed by atoms with Crippen LogP contribution < -0.4 is 5.32 Å². The molecule has 0 bridgehead atoms. The van der Waals surface area contributed by atoms with E-state index in [4.69, 9.17) is 27.6 Å². The van der Waals surface area contributed by atoms with Gasteiger partial charge in [0, 0.05) is 17.3 Å². The second kappa shape index (κ2) is 8.09. The van der Waals surface area contributed by atoms with Gasteiger partial charge in [-0.2, -0.15) is 5.26 Å². The van der Waals surface area contributed by atoms with Crippen LogP contribution in [0.5, 0.6) is 0 Å². The molecule has 1 N–H and O–H groups in total. The molecule has 27 heavy (non-hydrogen) atoms. The van der Waals surface area contributed by atoms with Crippen LogP contribution >= 0.6 is 23.2 Å². The molecule has 0 spiro atoms. The van der Waals surface area contributed by atoms with E-state index in [9.17, 15) is 14.4 Å². The Kier molecular flexibility index (Phi) is 5.60. The Labute approximate surface area is 164 Å². The largest absolute Gasteiger partial charge is 0.457 e. The van der Waals surface area contributed by atoms with Crippen molar-refractivity contribution in [3.05, 3.63) is 81.8 Å². The normalized spacial score (nSPS) is 11.1. The molecular weight excluding hydrogens is 390 g/mol. The van der Waals surface area contributed by atoms with Crippen molar-refractivity contribution < 1.29 is 13.6 Å². The van der Waals surface area contributed by atoms with Gasteiger partial charge in [-0.3, -0.25) is 4.79 Å². The number of carbonyl (C=O) groups is 1. The third kappa shape index (κ3) is 4.37. The molecule has 7 heteroatoms. The summed E-state index contributed by atoms with van der Waals surface area (Å²) in [4.78, 5) is 12.2. The lowest BCUT2D eigenvalue weighted by Gasteiger charge is -2.04. The van der Waals surface area contributed by atoms with Crippen LogP contribution in [0.4, 0.5) is 10.1 Å². The predicted molar refractivity (Wildman–Crippen MR) is 103 cm³/mol. The van der Waals surface area contributed by atoms with Crippen LogP contribution in [-0.4, -0.2) is 5.91 Å². The fourth-order valence-corrected chi connectivity index (χ4v) is 2.69. The lowest BCUT2D eigenvalue weighted by atomic mass is 10.2. The standard InChI is InChI=1S/C20H11Cl2FN2O2/c21-17-3-1-2-16(19(17)22)18-9-8-15(27-18)10-12(11-24)20(26)25-14-6-4-13(23)5-7-14/h1-10H,(H,25,26). The van der Waals surface area contributed by atoms with E-state index in [1.807, 2.05) is 6.07 Å². The van der Waals surface area contributed by atoms with Gasteiger partial charge in [0.05, 0.1) is 10.0 Å². The molecular formula is C20H11Cl2FN2O2. The van der Waals surface area contributed by atoms with E-state index in [2.05, 4.69) is 5.32 Å². The minimum Gasteiger partial charge on any atom is -0.457 e. The summed E-state index contributed by atoms with van der Waals surface area (Å²) in [5, 5.41) is 12.5. The van der Waals surface area contributed by atoms with Gasteiger partial charge in [-0.25, -0.2) is 4.39 Å². The number of rotatable bonds is 4. The average molecular weight is 401 g/mol. The summed E-state index contributed by atoms with van der Waals surface area (Å²) < 4.78 is 18.6. The summed E-state index contributed by atoms with van der Waals surface area (Å²) >= 11 is 12.2. The maximum absolute atomic E-state index is 12.9. The number of halogens is 3. The lowest BCUT2D eigenvalue weighted by Crippen LogP contribution is -2.13. The Morgan fingerprint density at radius 3 is 2.56 bits per heavy atom. The summed E-state index contributed by atoms with van der Waals surface area (Å²) in [5.41, 5.74) is 0.795. The fraction of sp³-hybridized carbons (Fsp3) is 0. The van der Waals surface area contributed by atoms with E-state index in [1.165, 1.54) is 30.3 Å². The van der Waals surface area contributed by atoms with Crippen LogP contribution in [0.1, 0.15) is 5.76 Å². The van der Waals surface area contributed by atoms with Crippen LogP contribution in [0.25, 0.3) is 17.4 Å². The van der Waals surface area contributed by atoms with Gasteiger partial charge in [0.1, 0.15) is 29.0 Å². The van der Waals surface area contributed by atoms with E-state index < -0.39 is 11.7 Å². The van der Waals surface area contributed by atoms with Crippen LogP contribution in [-0.2, 0) is 4.79 Å². The molecule has 134 valence electrons. The number of nitrogens with one attached hydrogen (secondary N) is 1. The van der Waals surface area contributed by atoms with E-state index >= 15 is 0 Å². The Morgan fingerprint density at radius 1 is 1.11 bits per heavy atom. The van der Waals surface area contributed by atoms with Gasteiger partial charge >= 0.3 is 0 Å². The first-order valence-electron chi connectivity index (χ1n) is 7.71. The molecule has 0 saturated carbocycles. The number of nitriles is 1. The van der Waals surface area contributed by atoms with Crippen LogP contribution in [0.15, 0.2) is 64.6 Å². The van der Waals surface area contributed by atoms with Gasteiger partial charge in [0.25, 0.3) is 5.91 Å². The summed E-state index contributed by atoms with van der Waals surface area (Å²) in [7, 11) is 0. The van der Waals surface area contributed by atoms with Gasteiger partial charge in [-0.15, -0.1) is 0 Å². The molecule has 0 saturated heterocycles. The van der Waals surface area contributed by atoms with Crippen molar-refractivity contribution in [2.45, 2.75) is 0 Å². The van der Waals surface area contributed by atoms with Crippen LogP contribution in [0.2, 0.25) is 10.0 Å². The van der Waals surface area contributed by atoms with Gasteiger partial charge in [0.15, 0.2) is 0 Å². The Morgan fingerprint density at radius 2 is 1.85 bits per heavy atom. The SMILES string of the molecule is N#CC(=Cc1ccc(-c2cccc(Cl)c2Cl)o1)C(=O)Nc1ccc(F)cc1. The van der Waals surface area contributed by atoms with Gasteiger partial charge in [-0.05, 0) is 48.5 Å². The quantitative estimate of drug-likeness (QED) is 0.435. The molecule has 1 amide bonds. The molecule has 0 fully saturated rings. The second-order valence-electron chi connectivity index (χ2n) is 5.43. The number of anilines is 1. The van der Waals surface area contributed by atoms with Crippen molar-refractivity contribution in [3.63, 3.8) is 0 Å². The summed E-state index contributed by atoms with van der Waals surface area (Å²) in [6, 6.07) is 15.4. The molecule has 3 rings (SSSR count). The molecule has 4 nitrogen and oxygen atoms in total. The lowest BCUT2D eigenvalue weighted by molar-refractivity contribution is -0.112. The third-order valence-corrected chi connectivity index (χ3v) is 4.42. The fourth-order valence-electron chi connectivity index (χ4n) is 2.29. The molecule has 3 aromatic rings. The number of carbonyl (C=O) groups excluding carboxylic acids is 1. The number of nitrogens with zero attached hydrogens (tertiary/aromatic N) is 1. The first kappa shape index (κ1) is 18.7. The molecule has 0 atom stereocenters. The smallest absolute Gasteiger partial charge is 0.266 e. The zero-order valence-electron chi connectivity index (χ0n) is 13.7. The molecule has 0 aliphatic heterocycles. The van der Waals surface area contributed by atoms with E-state index in [-0.39, 0.29) is 5.57 Å². The van der Waals surface area contributed by atoms with Crippen molar-refractivity contribution in [1.29, 1.82) is 5.26 Å². The zero-order chi connectivity index (χ0) is 19.4. The first-order chi connectivity index (χ1) is 13.0. The number of hydrogen-bond donors (Lipinski definition) is 1. The van der Waals surface area contributed by atoms with Gasteiger partial charge < -0.3 is 9.73 Å². The summed E-state index contributed by atoms with van der Waals surface area (Å²) in [6.07, 6.45) is 1.31. The Bertz CT molecular complexity index is 1070. The Balaban J connectivity index is 1.83. The third-order valence-electron chi connectivity index (χ3n) is 3.60. The molecule has 0 aliphatic rings. The first-order valence-corrected chi connectivity index (χ1v) is 8.46. The number of furan rings is 1. The van der Waals surface area contributed by atoms with Crippen LogP contribution in [0, 0.1) is 17.1 Å². The molecule has 0 radical (unpaired) electrons. The average Bonchev–Trinajstić information content (AvgIpc) is 3.12. The number of benzene rings is 2. The second-order valence-corrected chi connectivity index (χ2v) is 6.22. The zero-order valence-corrected chi connectivity index (χ0v) is 15.2. The molecule has 0 aliphatic carbocycles. The predicted octanol–water partition coefficient (Wildman–Crippen LogP) is 5.94. The summed E-state index contributed by atoms with van der Waals surface area (Å²) in [6.45, 7) is 0. The topological polar surface area (TPSA) is 66.0 Å². The number of hydrogen-bond acceptors (Lipinski definition) is 3. The van der Waals surface area contributed by atoms with Crippen molar-refractivity contribution in [3.8, 4) is 17.4 Å². The van der Waals surface area contributed by atoms with Crippen molar-refractivity contribution in [1.82, 2.24) is 0 Å². The molecule has 0 unspecified atom stereocenters. The maximum Gasteiger partial charge on any atom is 0.266 e. The van der Waals surface area contributed by atoms with Crippen molar-refractivity contribution >= 4 is 40.9 Å². The maximum atomic E-state index is 12.9. The van der Waals surface area contributed by atoms with E-state index in [1.54, 1.807) is 30.3 Å². The highest BCUT2D eigenvalue weighted by Gasteiger charge is 2.13. The Hall–Kier alpha value is -3.07. The monoisotopic (exact) mass is 400 g/mol. The van der Waals surface area contributed by atoms with Gasteiger partial charge in [0.2, 0.25) is 0 Å². The van der Waals surface area contributed by atoms with Crippen molar-refractivity contribution in [2.24, 2.45) is 0 Å². The van der Waals surface area contributed by atoms with Crippen molar-refractivity contribution in [2.75, 3.05) is 5.32 Å².